The average molecular weight is 398 g/mol. The van der Waals surface area contributed by atoms with E-state index >= 15 is 0 Å². The fourth-order valence-corrected chi connectivity index (χ4v) is 4.04. The number of benzene rings is 1. The third-order valence-electron chi connectivity index (χ3n) is 5.17. The quantitative estimate of drug-likeness (QED) is 0.627. The van der Waals surface area contributed by atoms with Crippen molar-refractivity contribution in [3.63, 3.8) is 0 Å². The molecule has 1 aromatic carbocycles. The second-order valence-electron chi connectivity index (χ2n) is 7.12. The zero-order valence-corrected chi connectivity index (χ0v) is 15.7. The van der Waals surface area contributed by atoms with E-state index in [4.69, 9.17) is 11.6 Å². The lowest BCUT2D eigenvalue weighted by Crippen LogP contribution is -2.31. The Kier molecular flexibility index (Phi) is 4.43. The molecule has 3 aromatic rings. The summed E-state index contributed by atoms with van der Waals surface area (Å²) in [4.78, 5) is 12.5. The first-order valence-electron chi connectivity index (χ1n) is 8.65. The zero-order valence-electron chi connectivity index (χ0n) is 15.0. The van der Waals surface area contributed by atoms with E-state index < -0.39 is 12.7 Å². The standard InChI is InChI=1S/C18H19ClF3N5/c1-25(2)12-5-6-26(8-12)11-3-4-14-13(7-11)15-16(17(19)24-10-23-15)27(14)9-18(20,21)22/h3-4,7,10,12H,5-6,8-9H2,1-2H3/t12-/m1/s1. The molecule has 0 unspecified atom stereocenters. The molecule has 5 nitrogen and oxygen atoms in total. The number of hydrogen-bond acceptors (Lipinski definition) is 4. The van der Waals surface area contributed by atoms with E-state index in [0.717, 1.165) is 29.8 Å². The molecular weight excluding hydrogens is 379 g/mol. The largest absolute Gasteiger partial charge is 0.406 e. The summed E-state index contributed by atoms with van der Waals surface area (Å²) < 4.78 is 40.6. The van der Waals surface area contributed by atoms with Crippen molar-refractivity contribution in [2.45, 2.75) is 25.2 Å². The molecule has 144 valence electrons. The fraction of sp³-hybridized carbons (Fsp3) is 0.444. The molecule has 1 aliphatic rings. The van der Waals surface area contributed by atoms with Crippen LogP contribution in [0.4, 0.5) is 18.9 Å². The van der Waals surface area contributed by atoms with Crippen LogP contribution in [0.3, 0.4) is 0 Å². The van der Waals surface area contributed by atoms with Crippen LogP contribution in [0.25, 0.3) is 21.9 Å². The van der Waals surface area contributed by atoms with Gasteiger partial charge in [-0.15, -0.1) is 0 Å². The van der Waals surface area contributed by atoms with Gasteiger partial charge in [0.15, 0.2) is 5.15 Å². The maximum Gasteiger partial charge on any atom is 0.406 e. The normalized spacial score (nSPS) is 18.3. The molecule has 1 atom stereocenters. The summed E-state index contributed by atoms with van der Waals surface area (Å²) >= 11 is 6.13. The molecule has 0 radical (unpaired) electrons. The van der Waals surface area contributed by atoms with Gasteiger partial charge in [-0.3, -0.25) is 0 Å². The second-order valence-corrected chi connectivity index (χ2v) is 7.47. The summed E-state index contributed by atoms with van der Waals surface area (Å²) in [7, 11) is 4.11. The van der Waals surface area contributed by atoms with E-state index in [2.05, 4.69) is 33.9 Å². The van der Waals surface area contributed by atoms with Crippen LogP contribution in [-0.2, 0) is 6.54 Å². The molecule has 4 rings (SSSR count). The number of fused-ring (bicyclic) bond motifs is 3. The molecule has 3 heterocycles. The Hall–Kier alpha value is -2.06. The minimum atomic E-state index is -4.37. The number of rotatable bonds is 3. The van der Waals surface area contributed by atoms with Crippen molar-refractivity contribution in [1.82, 2.24) is 19.4 Å². The summed E-state index contributed by atoms with van der Waals surface area (Å²) in [5.41, 5.74) is 2.10. The van der Waals surface area contributed by atoms with E-state index in [-0.39, 0.29) is 10.7 Å². The van der Waals surface area contributed by atoms with E-state index in [1.54, 1.807) is 6.07 Å². The highest BCUT2D eigenvalue weighted by molar-refractivity contribution is 6.34. The fourth-order valence-electron chi connectivity index (χ4n) is 3.80. The highest BCUT2D eigenvalue weighted by Crippen LogP contribution is 2.36. The van der Waals surface area contributed by atoms with E-state index in [0.29, 0.717) is 22.5 Å². The van der Waals surface area contributed by atoms with E-state index in [9.17, 15) is 13.2 Å². The molecular formula is C18H19ClF3N5. The Balaban J connectivity index is 1.85. The molecule has 0 aliphatic carbocycles. The van der Waals surface area contributed by atoms with Gasteiger partial charge in [0.1, 0.15) is 23.9 Å². The van der Waals surface area contributed by atoms with E-state index in [1.165, 1.54) is 6.33 Å². The van der Waals surface area contributed by atoms with Crippen molar-refractivity contribution in [3.05, 3.63) is 29.7 Å². The lowest BCUT2D eigenvalue weighted by atomic mass is 10.2. The Morgan fingerprint density at radius 2 is 2.04 bits per heavy atom. The number of halogens is 4. The Morgan fingerprint density at radius 3 is 2.70 bits per heavy atom. The van der Waals surface area contributed by atoms with Crippen LogP contribution in [0.2, 0.25) is 5.15 Å². The minimum Gasteiger partial charge on any atom is -0.370 e. The number of anilines is 1. The second kappa shape index (κ2) is 6.53. The number of alkyl halides is 3. The van der Waals surface area contributed by atoms with Gasteiger partial charge in [0.05, 0.1) is 5.52 Å². The van der Waals surface area contributed by atoms with Gasteiger partial charge >= 0.3 is 6.18 Å². The van der Waals surface area contributed by atoms with Gasteiger partial charge in [-0.05, 0) is 38.7 Å². The molecule has 1 fully saturated rings. The van der Waals surface area contributed by atoms with Crippen molar-refractivity contribution in [2.75, 3.05) is 32.1 Å². The monoisotopic (exact) mass is 397 g/mol. The maximum absolute atomic E-state index is 13.1. The highest BCUT2D eigenvalue weighted by atomic mass is 35.5. The number of likely N-dealkylation sites (N-methyl/N-ethyl adjacent to an activating group) is 1. The van der Waals surface area contributed by atoms with Gasteiger partial charge in [-0.1, -0.05) is 11.6 Å². The highest BCUT2D eigenvalue weighted by Gasteiger charge is 2.31. The summed E-state index contributed by atoms with van der Waals surface area (Å²) in [5, 5.41) is 0.681. The van der Waals surface area contributed by atoms with Crippen LogP contribution in [0.1, 0.15) is 6.42 Å². The molecule has 0 N–H and O–H groups in total. The van der Waals surface area contributed by atoms with Crippen LogP contribution < -0.4 is 4.90 Å². The summed E-state index contributed by atoms with van der Waals surface area (Å²) in [6.45, 7) is 0.659. The minimum absolute atomic E-state index is 0.0239. The predicted octanol–water partition coefficient (Wildman–Crippen LogP) is 3.94. The van der Waals surface area contributed by atoms with Gasteiger partial charge in [-0.25, -0.2) is 9.97 Å². The van der Waals surface area contributed by atoms with Crippen LogP contribution in [0, 0.1) is 0 Å². The number of hydrogen-bond donors (Lipinski definition) is 0. The van der Waals surface area contributed by atoms with Crippen molar-refractivity contribution in [3.8, 4) is 0 Å². The molecule has 0 amide bonds. The van der Waals surface area contributed by atoms with Crippen LogP contribution >= 0.6 is 11.6 Å². The molecule has 9 heteroatoms. The van der Waals surface area contributed by atoms with Crippen molar-refractivity contribution in [2.24, 2.45) is 0 Å². The van der Waals surface area contributed by atoms with Gasteiger partial charge < -0.3 is 14.4 Å². The van der Waals surface area contributed by atoms with Crippen molar-refractivity contribution < 1.29 is 13.2 Å². The molecule has 0 saturated carbocycles. The van der Waals surface area contributed by atoms with Crippen LogP contribution in [0.15, 0.2) is 24.5 Å². The maximum atomic E-state index is 13.1. The summed E-state index contributed by atoms with van der Waals surface area (Å²) in [5.74, 6) is 0. The lowest BCUT2D eigenvalue weighted by molar-refractivity contribution is -0.139. The first-order chi connectivity index (χ1) is 12.7. The Morgan fingerprint density at radius 1 is 1.26 bits per heavy atom. The van der Waals surface area contributed by atoms with Crippen molar-refractivity contribution in [1.29, 1.82) is 0 Å². The molecule has 1 saturated heterocycles. The van der Waals surface area contributed by atoms with Gasteiger partial charge in [0.25, 0.3) is 0 Å². The summed E-state index contributed by atoms with van der Waals surface area (Å²) in [6, 6.07) is 5.96. The number of nitrogens with zero attached hydrogens (tertiary/aromatic N) is 5. The summed E-state index contributed by atoms with van der Waals surface area (Å²) in [6.07, 6.45) is -2.04. The van der Waals surface area contributed by atoms with Gasteiger partial charge in [0, 0.05) is 30.2 Å². The predicted molar refractivity (Wildman–Crippen MR) is 100 cm³/mol. The Labute approximate surface area is 159 Å². The molecule has 2 aromatic heterocycles. The van der Waals surface area contributed by atoms with E-state index in [1.807, 2.05) is 12.1 Å². The topological polar surface area (TPSA) is 37.2 Å². The smallest absolute Gasteiger partial charge is 0.370 e. The molecule has 27 heavy (non-hydrogen) atoms. The molecule has 0 spiro atoms. The van der Waals surface area contributed by atoms with Gasteiger partial charge in [0.2, 0.25) is 0 Å². The third-order valence-corrected chi connectivity index (χ3v) is 5.45. The Bertz CT molecular complexity index is 998. The van der Waals surface area contributed by atoms with Gasteiger partial charge in [-0.2, -0.15) is 13.2 Å². The SMILES string of the molecule is CN(C)[C@@H]1CCN(c2ccc3c(c2)c2ncnc(Cl)c2n3CC(F)(F)F)C1. The molecule has 0 bridgehead atoms. The van der Waals surface area contributed by atoms with Crippen molar-refractivity contribution >= 4 is 39.2 Å². The average Bonchev–Trinajstić information content (AvgIpc) is 3.19. The lowest BCUT2D eigenvalue weighted by Gasteiger charge is -2.22. The first kappa shape index (κ1) is 18.3. The zero-order chi connectivity index (χ0) is 19.3. The van der Waals surface area contributed by atoms with Crippen LogP contribution in [0.5, 0.6) is 0 Å². The van der Waals surface area contributed by atoms with Crippen LogP contribution in [-0.4, -0.2) is 58.8 Å². The molecule has 1 aliphatic heterocycles. The number of aromatic nitrogens is 3. The third kappa shape index (κ3) is 3.32. The first-order valence-corrected chi connectivity index (χ1v) is 9.03.